The molecule has 14 nitrogen and oxygen atoms in total. The van der Waals surface area contributed by atoms with E-state index >= 15 is 4.39 Å². The van der Waals surface area contributed by atoms with Crippen molar-refractivity contribution < 1.29 is 46.2 Å². The van der Waals surface area contributed by atoms with Crippen molar-refractivity contribution in [3.05, 3.63) is 54.2 Å². The number of nitrogens with one attached hydrogen (secondary N) is 3. The number of methoxy groups -OCH3 is 1. The van der Waals surface area contributed by atoms with Crippen LogP contribution in [0.3, 0.4) is 0 Å². The molecule has 3 aliphatic rings. The van der Waals surface area contributed by atoms with Gasteiger partial charge in [0, 0.05) is 80.2 Å². The van der Waals surface area contributed by atoms with Crippen molar-refractivity contribution in [3.63, 3.8) is 0 Å². The van der Waals surface area contributed by atoms with Crippen LogP contribution < -0.4 is 15.4 Å². The van der Waals surface area contributed by atoms with Gasteiger partial charge in [0.1, 0.15) is 23.3 Å². The third-order valence-corrected chi connectivity index (χ3v) is 11.6. The molecular weight excluding hydrogens is 801 g/mol. The molecular formula is C43H56F4N8O6. The zero-order valence-electron chi connectivity index (χ0n) is 35.7. The zero-order chi connectivity index (χ0) is 44.4. The summed E-state index contributed by atoms with van der Waals surface area (Å²) in [5.74, 6) is -1.46. The van der Waals surface area contributed by atoms with E-state index in [1.165, 1.54) is 43.5 Å². The Morgan fingerprint density at radius 1 is 0.902 bits per heavy atom. The molecule has 0 bridgehead atoms. The van der Waals surface area contributed by atoms with Gasteiger partial charge in [-0.05, 0) is 48.8 Å². The highest BCUT2D eigenvalue weighted by Gasteiger charge is 2.41. The van der Waals surface area contributed by atoms with Crippen LogP contribution in [0.25, 0.3) is 22.4 Å². The third-order valence-electron chi connectivity index (χ3n) is 11.6. The SMILES string of the molecule is COC(=O)NC(C(=O)N1CC(C)CC1c1nc(-c2ccc(-c3ccc(NC(=O)N4CCN(C5CCN(C(=O)C(C)(C)C)CC5)CC4)cc3OC(F)(F)F)cc2)c(F)[nH]1)C(C)C. The second-order valence-electron chi connectivity index (χ2n) is 17.6. The molecule has 18 heteroatoms. The highest BCUT2D eigenvalue weighted by Crippen LogP contribution is 2.39. The number of ether oxygens (including phenoxy) is 2. The number of H-pyrrole nitrogens is 1. The number of halogens is 4. The molecule has 4 heterocycles. The Bertz CT molecular complexity index is 2050. The molecule has 3 aromatic rings. The second kappa shape index (κ2) is 18.3. The molecule has 3 atom stereocenters. The van der Waals surface area contributed by atoms with Crippen LogP contribution in [0.4, 0.5) is 32.8 Å². The Kier molecular flexibility index (Phi) is 13.5. The minimum Gasteiger partial charge on any atom is -0.453 e. The number of amides is 5. The van der Waals surface area contributed by atoms with Crippen molar-refractivity contribution in [2.45, 2.75) is 85.3 Å². The van der Waals surface area contributed by atoms with E-state index in [1.54, 1.807) is 23.6 Å². The van der Waals surface area contributed by atoms with E-state index < -0.39 is 47.7 Å². The molecule has 1 aromatic heterocycles. The van der Waals surface area contributed by atoms with E-state index in [0.29, 0.717) is 69.4 Å². The number of carbonyl (C=O) groups excluding carboxylic acids is 4. The molecule has 6 rings (SSSR count). The Morgan fingerprint density at radius 3 is 2.13 bits per heavy atom. The molecule has 61 heavy (non-hydrogen) atoms. The van der Waals surface area contributed by atoms with Crippen LogP contribution in [-0.4, -0.2) is 125 Å². The van der Waals surface area contributed by atoms with Crippen LogP contribution in [0.5, 0.6) is 5.75 Å². The Morgan fingerprint density at radius 2 is 1.54 bits per heavy atom. The first-order chi connectivity index (χ1) is 28.7. The van der Waals surface area contributed by atoms with Crippen molar-refractivity contribution in [2.75, 3.05) is 58.2 Å². The fraction of sp³-hybridized carbons (Fsp3) is 0.558. The first kappa shape index (κ1) is 45.1. The molecule has 3 aliphatic heterocycles. The number of benzene rings is 2. The van der Waals surface area contributed by atoms with Crippen LogP contribution in [0.15, 0.2) is 42.5 Å². The summed E-state index contributed by atoms with van der Waals surface area (Å²) in [6, 6.07) is 8.50. The number of alkyl carbamates (subject to hydrolysis) is 1. The van der Waals surface area contributed by atoms with E-state index in [-0.39, 0.29) is 46.4 Å². The molecule has 3 fully saturated rings. The first-order valence-electron chi connectivity index (χ1n) is 20.7. The van der Waals surface area contributed by atoms with Gasteiger partial charge in [-0.1, -0.05) is 65.8 Å². The van der Waals surface area contributed by atoms with Gasteiger partial charge in [0.15, 0.2) is 0 Å². The molecule has 3 N–H and O–H groups in total. The predicted molar refractivity (Wildman–Crippen MR) is 220 cm³/mol. The van der Waals surface area contributed by atoms with Crippen LogP contribution in [0, 0.1) is 23.2 Å². The molecule has 5 amide bonds. The Balaban J connectivity index is 1.11. The maximum atomic E-state index is 15.5. The number of piperazine rings is 1. The summed E-state index contributed by atoms with van der Waals surface area (Å²) in [5.41, 5.74) is 0.407. The van der Waals surface area contributed by atoms with E-state index in [0.717, 1.165) is 18.9 Å². The first-order valence-corrected chi connectivity index (χ1v) is 20.7. The number of aromatic amines is 1. The lowest BCUT2D eigenvalue weighted by atomic mass is 9.92. The maximum absolute atomic E-state index is 15.5. The largest absolute Gasteiger partial charge is 0.573 e. The van der Waals surface area contributed by atoms with Crippen LogP contribution in [0.2, 0.25) is 0 Å². The smallest absolute Gasteiger partial charge is 0.453 e. The van der Waals surface area contributed by atoms with Gasteiger partial charge in [-0.3, -0.25) is 14.5 Å². The van der Waals surface area contributed by atoms with Gasteiger partial charge in [0.25, 0.3) is 0 Å². The molecule has 3 saturated heterocycles. The highest BCUT2D eigenvalue weighted by molar-refractivity contribution is 5.91. The summed E-state index contributed by atoms with van der Waals surface area (Å²) in [7, 11) is 1.21. The second-order valence-corrected chi connectivity index (χ2v) is 17.6. The number of carbonyl (C=O) groups is 4. The number of nitrogens with zero attached hydrogens (tertiary/aromatic N) is 5. The number of alkyl halides is 3. The molecule has 0 saturated carbocycles. The van der Waals surface area contributed by atoms with E-state index in [4.69, 9.17) is 4.74 Å². The number of anilines is 1. The predicted octanol–water partition coefficient (Wildman–Crippen LogP) is 7.26. The lowest BCUT2D eigenvalue weighted by molar-refractivity contribution is -0.274. The fourth-order valence-corrected chi connectivity index (χ4v) is 8.40. The molecule has 0 radical (unpaired) electrons. The summed E-state index contributed by atoms with van der Waals surface area (Å²) in [4.78, 5) is 66.3. The number of piperidine rings is 1. The van der Waals surface area contributed by atoms with Crippen molar-refractivity contribution in [3.8, 4) is 28.1 Å². The molecule has 0 aliphatic carbocycles. The minimum atomic E-state index is -5.03. The van der Waals surface area contributed by atoms with Crippen molar-refractivity contribution in [2.24, 2.45) is 17.3 Å². The van der Waals surface area contributed by atoms with Crippen molar-refractivity contribution in [1.82, 2.24) is 34.9 Å². The van der Waals surface area contributed by atoms with Crippen LogP contribution in [-0.2, 0) is 14.3 Å². The Hall–Kier alpha value is -5.39. The number of hydrogen-bond acceptors (Lipinski definition) is 8. The molecule has 2 aromatic carbocycles. The van der Waals surface area contributed by atoms with Crippen LogP contribution >= 0.6 is 0 Å². The van der Waals surface area contributed by atoms with E-state index in [9.17, 15) is 32.3 Å². The standard InChI is InChI=1S/C43H56F4N8O6/c1-25(2)34(50-41(59)60-7)38(56)55-24-26(3)22-32(55)37-49-35(36(44)51-37)28-10-8-27(9-11-28)31-13-12-29(23-33(31)61-43(45,46)47)48-40(58)54-20-18-52(19-21-54)30-14-16-53(17-15-30)39(57)42(4,5)6/h8-13,23,25-26,30,32,34H,14-22,24H2,1-7H3,(H,48,58)(H,49,51)(H,50,59). The number of rotatable bonds is 9. The van der Waals surface area contributed by atoms with Gasteiger partial charge in [-0.2, -0.15) is 4.39 Å². The molecule has 332 valence electrons. The van der Waals surface area contributed by atoms with Crippen molar-refractivity contribution in [1.29, 1.82) is 0 Å². The highest BCUT2D eigenvalue weighted by atomic mass is 19.4. The molecule has 0 spiro atoms. The van der Waals surface area contributed by atoms with Gasteiger partial charge in [-0.15, -0.1) is 13.2 Å². The van der Waals surface area contributed by atoms with Gasteiger partial charge in [0.05, 0.1) is 13.2 Å². The number of imidazole rings is 1. The maximum Gasteiger partial charge on any atom is 0.573 e. The topological polar surface area (TPSA) is 152 Å². The van der Waals surface area contributed by atoms with E-state index in [1.807, 2.05) is 32.6 Å². The summed E-state index contributed by atoms with van der Waals surface area (Å²) in [6.07, 6.45) is -3.57. The number of hydrogen-bond donors (Lipinski definition) is 3. The summed E-state index contributed by atoms with van der Waals surface area (Å²) >= 11 is 0. The molecule has 3 unspecified atom stereocenters. The van der Waals surface area contributed by atoms with Crippen LogP contribution in [0.1, 0.15) is 72.7 Å². The summed E-state index contributed by atoms with van der Waals surface area (Å²) < 4.78 is 65.8. The lowest BCUT2D eigenvalue weighted by Crippen LogP contribution is -2.56. The quantitative estimate of drug-likeness (QED) is 0.190. The summed E-state index contributed by atoms with van der Waals surface area (Å²) in [5, 5.41) is 5.31. The number of urea groups is 1. The minimum absolute atomic E-state index is 0.0368. The zero-order valence-corrected chi connectivity index (χ0v) is 35.7. The van der Waals surface area contributed by atoms with Gasteiger partial charge < -0.3 is 39.8 Å². The monoisotopic (exact) mass is 856 g/mol. The van der Waals surface area contributed by atoms with Gasteiger partial charge in [0.2, 0.25) is 17.8 Å². The third kappa shape index (κ3) is 10.7. The average Bonchev–Trinajstić information content (AvgIpc) is 3.80. The van der Waals surface area contributed by atoms with Crippen molar-refractivity contribution >= 4 is 29.6 Å². The number of aromatic nitrogens is 2. The number of likely N-dealkylation sites (tertiary alicyclic amines) is 2. The normalized spacial score (nSPS) is 19.8. The van der Waals surface area contributed by atoms with Gasteiger partial charge in [-0.25, -0.2) is 14.6 Å². The average molecular weight is 857 g/mol. The fourth-order valence-electron chi connectivity index (χ4n) is 8.40. The van der Waals surface area contributed by atoms with Gasteiger partial charge >= 0.3 is 18.5 Å². The lowest BCUT2D eigenvalue weighted by Gasteiger charge is -2.43. The summed E-state index contributed by atoms with van der Waals surface area (Å²) in [6.45, 7) is 15.2. The van der Waals surface area contributed by atoms with E-state index in [2.05, 4.69) is 30.2 Å². The Labute approximate surface area is 353 Å².